The third-order valence-electron chi connectivity index (χ3n) is 3.72. The molecule has 1 N–H and O–H groups in total. The molecule has 2 aliphatic rings. The average Bonchev–Trinajstić information content (AvgIpc) is 2.81. The largest absolute Gasteiger partial charge is 0.331 e. The number of aryl methyl sites for hydroxylation is 1. The van der Waals surface area contributed by atoms with Crippen molar-refractivity contribution in [1.29, 1.82) is 0 Å². The molecular weight excluding hydrogens is 234 g/mol. The molecule has 3 heterocycles. The number of aromatic nitrogens is 1. The maximum absolute atomic E-state index is 12.5. The number of nitrogens with zero attached hydrogens (tertiary/aromatic N) is 2. The van der Waals surface area contributed by atoms with Gasteiger partial charge in [-0.15, -0.1) is 11.3 Å². The van der Waals surface area contributed by atoms with Crippen LogP contribution in [0.1, 0.15) is 33.9 Å². The third-order valence-corrected chi connectivity index (χ3v) is 4.62. The fourth-order valence-electron chi connectivity index (χ4n) is 2.90. The van der Waals surface area contributed by atoms with Crippen LogP contribution in [0.2, 0.25) is 0 Å². The zero-order valence-electron chi connectivity index (χ0n) is 9.98. The fraction of sp³-hybridized carbons (Fsp3) is 0.667. The Labute approximate surface area is 105 Å². The zero-order chi connectivity index (χ0) is 11.8. The molecular formula is C12H17N3OS. The van der Waals surface area contributed by atoms with Crippen LogP contribution in [0.5, 0.6) is 0 Å². The van der Waals surface area contributed by atoms with E-state index in [1.807, 2.05) is 6.92 Å². The Morgan fingerprint density at radius 2 is 2.29 bits per heavy atom. The molecule has 17 heavy (non-hydrogen) atoms. The molecule has 5 heteroatoms. The molecule has 1 aromatic heterocycles. The lowest BCUT2D eigenvalue weighted by atomic mass is 10.1. The monoisotopic (exact) mass is 251 g/mol. The lowest BCUT2D eigenvalue weighted by Gasteiger charge is -2.27. The molecule has 0 saturated carbocycles. The average molecular weight is 251 g/mol. The summed E-state index contributed by atoms with van der Waals surface area (Å²) < 4.78 is 0. The van der Waals surface area contributed by atoms with Crippen molar-refractivity contribution < 1.29 is 4.79 Å². The standard InChI is InChI=1S/C12H17N3OS/c1-8-14-7-11(17-8)12(16)15-9-2-3-10(15)6-13-5-4-9/h7,9-10,13H,2-6H2,1H3. The molecule has 3 rings (SSSR count). The molecule has 1 aromatic rings. The first-order valence-corrected chi connectivity index (χ1v) is 7.03. The summed E-state index contributed by atoms with van der Waals surface area (Å²) in [7, 11) is 0. The molecule has 2 atom stereocenters. The second-order valence-corrected chi connectivity index (χ2v) is 6.07. The zero-order valence-corrected chi connectivity index (χ0v) is 10.8. The maximum Gasteiger partial charge on any atom is 0.266 e. The Morgan fingerprint density at radius 1 is 1.47 bits per heavy atom. The van der Waals surface area contributed by atoms with E-state index in [1.54, 1.807) is 6.20 Å². The molecule has 0 aromatic carbocycles. The van der Waals surface area contributed by atoms with Crippen molar-refractivity contribution in [3.05, 3.63) is 16.1 Å². The van der Waals surface area contributed by atoms with Crippen LogP contribution in [-0.2, 0) is 0 Å². The fourth-order valence-corrected chi connectivity index (χ4v) is 3.62. The van der Waals surface area contributed by atoms with Crippen molar-refractivity contribution in [2.24, 2.45) is 0 Å². The molecule has 2 unspecified atom stereocenters. The summed E-state index contributed by atoms with van der Waals surface area (Å²) in [6.07, 6.45) is 5.11. The van der Waals surface area contributed by atoms with Gasteiger partial charge in [0.25, 0.3) is 5.91 Å². The predicted octanol–water partition coefficient (Wildman–Crippen LogP) is 1.42. The van der Waals surface area contributed by atoms with Crippen LogP contribution >= 0.6 is 11.3 Å². The van der Waals surface area contributed by atoms with Gasteiger partial charge in [-0.3, -0.25) is 4.79 Å². The summed E-state index contributed by atoms with van der Waals surface area (Å²) in [4.78, 5) is 19.6. The summed E-state index contributed by atoms with van der Waals surface area (Å²) in [6.45, 7) is 3.92. The molecule has 4 nitrogen and oxygen atoms in total. The predicted molar refractivity (Wildman–Crippen MR) is 67.3 cm³/mol. The van der Waals surface area contributed by atoms with E-state index in [9.17, 15) is 4.79 Å². The van der Waals surface area contributed by atoms with E-state index in [-0.39, 0.29) is 5.91 Å². The van der Waals surface area contributed by atoms with Crippen LogP contribution < -0.4 is 5.32 Å². The number of amides is 1. The Bertz CT molecular complexity index is 417. The maximum atomic E-state index is 12.5. The highest BCUT2D eigenvalue weighted by atomic mass is 32.1. The molecule has 2 aliphatic heterocycles. The Balaban J connectivity index is 1.85. The second kappa shape index (κ2) is 4.38. The van der Waals surface area contributed by atoms with Crippen molar-refractivity contribution in [2.75, 3.05) is 13.1 Å². The smallest absolute Gasteiger partial charge is 0.266 e. The number of rotatable bonds is 1. The highest BCUT2D eigenvalue weighted by molar-refractivity contribution is 7.13. The van der Waals surface area contributed by atoms with Gasteiger partial charge in [-0.1, -0.05) is 0 Å². The van der Waals surface area contributed by atoms with Crippen LogP contribution in [-0.4, -0.2) is 41.0 Å². The van der Waals surface area contributed by atoms with Crippen LogP contribution in [0, 0.1) is 6.92 Å². The lowest BCUT2D eigenvalue weighted by molar-refractivity contribution is 0.0685. The van der Waals surface area contributed by atoms with E-state index in [0.29, 0.717) is 12.1 Å². The summed E-state index contributed by atoms with van der Waals surface area (Å²) in [5.41, 5.74) is 0. The van der Waals surface area contributed by atoms with Gasteiger partial charge in [0, 0.05) is 18.6 Å². The van der Waals surface area contributed by atoms with Crippen LogP contribution in [0.4, 0.5) is 0 Å². The van der Waals surface area contributed by atoms with Crippen molar-refractivity contribution in [1.82, 2.24) is 15.2 Å². The number of hydrogen-bond acceptors (Lipinski definition) is 4. The van der Waals surface area contributed by atoms with Gasteiger partial charge in [0.05, 0.1) is 11.2 Å². The third kappa shape index (κ3) is 1.98. The summed E-state index contributed by atoms with van der Waals surface area (Å²) in [6, 6.07) is 0.822. The van der Waals surface area contributed by atoms with Crippen LogP contribution in [0.15, 0.2) is 6.20 Å². The Kier molecular flexibility index (Phi) is 2.88. The highest BCUT2D eigenvalue weighted by Gasteiger charge is 2.38. The van der Waals surface area contributed by atoms with Gasteiger partial charge >= 0.3 is 0 Å². The minimum absolute atomic E-state index is 0.187. The van der Waals surface area contributed by atoms with Crippen LogP contribution in [0.3, 0.4) is 0 Å². The van der Waals surface area contributed by atoms with Gasteiger partial charge in [-0.05, 0) is 32.7 Å². The molecule has 2 fully saturated rings. The van der Waals surface area contributed by atoms with Gasteiger partial charge in [0.2, 0.25) is 0 Å². The topological polar surface area (TPSA) is 45.2 Å². The van der Waals surface area contributed by atoms with Crippen molar-refractivity contribution >= 4 is 17.2 Å². The highest BCUT2D eigenvalue weighted by Crippen LogP contribution is 2.30. The van der Waals surface area contributed by atoms with E-state index in [0.717, 1.165) is 42.2 Å². The lowest BCUT2D eigenvalue weighted by Crippen LogP contribution is -2.42. The summed E-state index contributed by atoms with van der Waals surface area (Å²) >= 11 is 1.51. The molecule has 0 radical (unpaired) electrons. The van der Waals surface area contributed by atoms with Crippen molar-refractivity contribution in [3.63, 3.8) is 0 Å². The summed E-state index contributed by atoms with van der Waals surface area (Å²) in [5, 5.41) is 4.38. The number of hydrogen-bond donors (Lipinski definition) is 1. The van der Waals surface area contributed by atoms with Crippen molar-refractivity contribution in [2.45, 2.75) is 38.3 Å². The van der Waals surface area contributed by atoms with Gasteiger partial charge < -0.3 is 10.2 Å². The number of carbonyl (C=O) groups is 1. The molecule has 2 bridgehead atoms. The normalized spacial score (nSPS) is 28.2. The number of fused-ring (bicyclic) bond motifs is 2. The Hall–Kier alpha value is -0.940. The SMILES string of the molecule is Cc1ncc(C(=O)N2C3CCNCC2CC3)s1. The molecule has 0 aliphatic carbocycles. The minimum Gasteiger partial charge on any atom is -0.331 e. The van der Waals surface area contributed by atoms with Crippen molar-refractivity contribution in [3.8, 4) is 0 Å². The Morgan fingerprint density at radius 3 is 3.06 bits per heavy atom. The van der Waals surface area contributed by atoms with E-state index in [2.05, 4.69) is 15.2 Å². The molecule has 0 spiro atoms. The van der Waals surface area contributed by atoms with Crippen LogP contribution in [0.25, 0.3) is 0 Å². The summed E-state index contributed by atoms with van der Waals surface area (Å²) in [5.74, 6) is 0.187. The molecule has 1 amide bonds. The molecule has 2 saturated heterocycles. The first kappa shape index (κ1) is 11.2. The van der Waals surface area contributed by atoms with Gasteiger partial charge in [-0.25, -0.2) is 4.98 Å². The van der Waals surface area contributed by atoms with Gasteiger partial charge in [0.1, 0.15) is 4.88 Å². The number of nitrogens with one attached hydrogen (secondary N) is 1. The first-order chi connectivity index (χ1) is 8.25. The molecule has 92 valence electrons. The van der Waals surface area contributed by atoms with Gasteiger partial charge in [-0.2, -0.15) is 0 Å². The minimum atomic E-state index is 0.187. The quantitative estimate of drug-likeness (QED) is 0.821. The second-order valence-electron chi connectivity index (χ2n) is 4.83. The van der Waals surface area contributed by atoms with Gasteiger partial charge in [0.15, 0.2) is 0 Å². The first-order valence-electron chi connectivity index (χ1n) is 6.21. The van der Waals surface area contributed by atoms with E-state index in [4.69, 9.17) is 0 Å². The van der Waals surface area contributed by atoms with E-state index in [1.165, 1.54) is 11.3 Å². The number of carbonyl (C=O) groups excluding carboxylic acids is 1. The van der Waals surface area contributed by atoms with E-state index < -0.39 is 0 Å². The number of thiazole rings is 1. The van der Waals surface area contributed by atoms with E-state index >= 15 is 0 Å².